The molecule has 2 aliphatic rings. The predicted octanol–water partition coefficient (Wildman–Crippen LogP) is 3.16. The van der Waals surface area contributed by atoms with E-state index in [9.17, 15) is 0 Å². The molecule has 1 fully saturated rings. The number of anilines is 1. The number of aryl methyl sites for hydroxylation is 1. The van der Waals surface area contributed by atoms with Crippen molar-refractivity contribution in [3.05, 3.63) is 23.8 Å². The number of ether oxygens (including phenoxy) is 1. The molecule has 1 N–H and O–H groups in total. The molecule has 0 spiro atoms. The SMILES string of the molecule is CN1CCC(C)(COc2ccc3c(c2)NCCC3)CC1. The molecule has 1 saturated heterocycles. The zero-order valence-electron chi connectivity index (χ0n) is 12.7. The van der Waals surface area contributed by atoms with Crippen LogP contribution in [0.3, 0.4) is 0 Å². The Morgan fingerprint density at radius 3 is 2.90 bits per heavy atom. The Labute approximate surface area is 122 Å². The molecule has 0 aliphatic carbocycles. The van der Waals surface area contributed by atoms with Crippen molar-refractivity contribution in [3.63, 3.8) is 0 Å². The van der Waals surface area contributed by atoms with Crippen molar-refractivity contribution in [2.45, 2.75) is 32.6 Å². The van der Waals surface area contributed by atoms with Gasteiger partial charge in [-0.05, 0) is 57.5 Å². The highest BCUT2D eigenvalue weighted by Gasteiger charge is 2.29. The average Bonchev–Trinajstić information content (AvgIpc) is 2.48. The van der Waals surface area contributed by atoms with Gasteiger partial charge in [0.15, 0.2) is 0 Å². The molecule has 0 aromatic heterocycles. The quantitative estimate of drug-likeness (QED) is 0.916. The Morgan fingerprint density at radius 2 is 2.10 bits per heavy atom. The van der Waals surface area contributed by atoms with Gasteiger partial charge < -0.3 is 15.0 Å². The number of nitrogens with zero attached hydrogens (tertiary/aromatic N) is 1. The first-order valence-corrected chi connectivity index (χ1v) is 7.83. The molecule has 1 aromatic rings. The summed E-state index contributed by atoms with van der Waals surface area (Å²) in [4.78, 5) is 2.41. The lowest BCUT2D eigenvalue weighted by Crippen LogP contribution is -2.39. The molecule has 0 amide bonds. The van der Waals surface area contributed by atoms with E-state index in [4.69, 9.17) is 4.74 Å². The monoisotopic (exact) mass is 274 g/mol. The second kappa shape index (κ2) is 5.65. The minimum atomic E-state index is 0.329. The van der Waals surface area contributed by atoms with Crippen molar-refractivity contribution in [1.82, 2.24) is 4.90 Å². The minimum Gasteiger partial charge on any atom is -0.493 e. The molecule has 3 nitrogen and oxygen atoms in total. The fraction of sp³-hybridized carbons (Fsp3) is 0.647. The third-order valence-corrected chi connectivity index (χ3v) is 4.80. The van der Waals surface area contributed by atoms with E-state index in [2.05, 4.69) is 42.4 Å². The molecule has 3 heteroatoms. The first kappa shape index (κ1) is 13.7. The highest BCUT2D eigenvalue weighted by Crippen LogP contribution is 2.32. The van der Waals surface area contributed by atoms with Crippen molar-refractivity contribution in [2.75, 3.05) is 38.6 Å². The number of nitrogens with one attached hydrogen (secondary N) is 1. The largest absolute Gasteiger partial charge is 0.493 e. The summed E-state index contributed by atoms with van der Waals surface area (Å²) in [6.45, 7) is 6.65. The lowest BCUT2D eigenvalue weighted by atomic mass is 9.81. The number of hydrogen-bond donors (Lipinski definition) is 1. The van der Waals surface area contributed by atoms with Crippen LogP contribution in [0.1, 0.15) is 31.7 Å². The normalized spacial score (nSPS) is 21.9. The van der Waals surface area contributed by atoms with Gasteiger partial charge in [-0.3, -0.25) is 0 Å². The van der Waals surface area contributed by atoms with E-state index in [1.165, 1.54) is 50.0 Å². The Balaban J connectivity index is 1.61. The molecule has 20 heavy (non-hydrogen) atoms. The fourth-order valence-electron chi connectivity index (χ4n) is 3.09. The average molecular weight is 274 g/mol. The van der Waals surface area contributed by atoms with Gasteiger partial charge in [0.05, 0.1) is 6.61 Å². The number of rotatable bonds is 3. The maximum Gasteiger partial charge on any atom is 0.121 e. The highest BCUT2D eigenvalue weighted by molar-refractivity contribution is 5.56. The summed E-state index contributed by atoms with van der Waals surface area (Å²) in [7, 11) is 2.20. The van der Waals surface area contributed by atoms with Gasteiger partial charge in [-0.25, -0.2) is 0 Å². The Bertz CT molecular complexity index is 464. The molecule has 2 aliphatic heterocycles. The predicted molar refractivity (Wildman–Crippen MR) is 83.6 cm³/mol. The lowest BCUT2D eigenvalue weighted by molar-refractivity contribution is 0.0804. The third kappa shape index (κ3) is 3.09. The van der Waals surface area contributed by atoms with Crippen LogP contribution in [0.4, 0.5) is 5.69 Å². The first-order valence-electron chi connectivity index (χ1n) is 7.83. The third-order valence-electron chi connectivity index (χ3n) is 4.80. The van der Waals surface area contributed by atoms with E-state index in [-0.39, 0.29) is 0 Å². The summed E-state index contributed by atoms with van der Waals surface area (Å²) in [5, 5.41) is 3.47. The molecule has 0 bridgehead atoms. The number of likely N-dealkylation sites (tertiary alicyclic amines) is 1. The molecule has 3 rings (SSSR count). The van der Waals surface area contributed by atoms with Crippen LogP contribution >= 0.6 is 0 Å². The van der Waals surface area contributed by atoms with Gasteiger partial charge >= 0.3 is 0 Å². The van der Waals surface area contributed by atoms with Gasteiger partial charge in [0.25, 0.3) is 0 Å². The summed E-state index contributed by atoms with van der Waals surface area (Å²) in [6, 6.07) is 6.52. The van der Waals surface area contributed by atoms with Crippen LogP contribution in [0.2, 0.25) is 0 Å². The minimum absolute atomic E-state index is 0.329. The first-order chi connectivity index (χ1) is 9.65. The lowest BCUT2D eigenvalue weighted by Gasteiger charge is -2.37. The summed E-state index contributed by atoms with van der Waals surface area (Å²) < 4.78 is 6.09. The van der Waals surface area contributed by atoms with Crippen molar-refractivity contribution < 1.29 is 4.74 Å². The molecular weight excluding hydrogens is 248 g/mol. The van der Waals surface area contributed by atoms with E-state index >= 15 is 0 Å². The summed E-state index contributed by atoms with van der Waals surface area (Å²) in [6.07, 6.45) is 4.88. The topological polar surface area (TPSA) is 24.5 Å². The Kier molecular flexibility index (Phi) is 3.88. The number of fused-ring (bicyclic) bond motifs is 1. The van der Waals surface area contributed by atoms with Crippen LogP contribution < -0.4 is 10.1 Å². The number of hydrogen-bond acceptors (Lipinski definition) is 3. The fourth-order valence-corrected chi connectivity index (χ4v) is 3.09. The van der Waals surface area contributed by atoms with E-state index in [0.29, 0.717) is 5.41 Å². The van der Waals surface area contributed by atoms with Gasteiger partial charge in [-0.15, -0.1) is 0 Å². The molecule has 0 radical (unpaired) electrons. The van der Waals surface area contributed by atoms with Crippen molar-refractivity contribution in [3.8, 4) is 5.75 Å². The van der Waals surface area contributed by atoms with E-state index in [1.54, 1.807) is 0 Å². The van der Waals surface area contributed by atoms with Crippen LogP contribution in [0.15, 0.2) is 18.2 Å². The number of piperidine rings is 1. The number of benzene rings is 1. The molecule has 0 atom stereocenters. The molecule has 110 valence electrons. The Hall–Kier alpha value is -1.22. The van der Waals surface area contributed by atoms with E-state index in [0.717, 1.165) is 18.9 Å². The summed E-state index contributed by atoms with van der Waals surface area (Å²) in [5.41, 5.74) is 3.02. The molecule has 2 heterocycles. The second-order valence-corrected chi connectivity index (χ2v) is 6.75. The molecule has 0 unspecified atom stereocenters. The second-order valence-electron chi connectivity index (χ2n) is 6.75. The van der Waals surface area contributed by atoms with Gasteiger partial charge in [0.1, 0.15) is 5.75 Å². The standard InChI is InChI=1S/C17H26N2O/c1-17(7-10-19(2)11-8-17)13-20-15-6-5-14-4-3-9-18-16(14)12-15/h5-6,12,18H,3-4,7-11,13H2,1-2H3. The zero-order chi connectivity index (χ0) is 14.0. The molecule has 0 saturated carbocycles. The summed E-state index contributed by atoms with van der Waals surface area (Å²) >= 11 is 0. The van der Waals surface area contributed by atoms with Gasteiger partial charge in [0.2, 0.25) is 0 Å². The highest BCUT2D eigenvalue weighted by atomic mass is 16.5. The zero-order valence-corrected chi connectivity index (χ0v) is 12.7. The van der Waals surface area contributed by atoms with Crippen LogP contribution in [0, 0.1) is 5.41 Å². The van der Waals surface area contributed by atoms with E-state index < -0.39 is 0 Å². The smallest absolute Gasteiger partial charge is 0.121 e. The van der Waals surface area contributed by atoms with Crippen molar-refractivity contribution in [1.29, 1.82) is 0 Å². The van der Waals surface area contributed by atoms with Gasteiger partial charge in [-0.1, -0.05) is 13.0 Å². The van der Waals surface area contributed by atoms with Crippen LogP contribution in [-0.2, 0) is 6.42 Å². The van der Waals surface area contributed by atoms with Crippen LogP contribution in [0.5, 0.6) is 5.75 Å². The summed E-state index contributed by atoms with van der Waals surface area (Å²) in [5.74, 6) is 1.01. The van der Waals surface area contributed by atoms with Gasteiger partial charge in [-0.2, -0.15) is 0 Å². The van der Waals surface area contributed by atoms with Gasteiger partial charge in [0, 0.05) is 23.7 Å². The van der Waals surface area contributed by atoms with Crippen molar-refractivity contribution >= 4 is 5.69 Å². The van der Waals surface area contributed by atoms with E-state index in [1.807, 2.05) is 0 Å². The van der Waals surface area contributed by atoms with Crippen LogP contribution in [-0.4, -0.2) is 38.2 Å². The molecule has 1 aromatic carbocycles. The van der Waals surface area contributed by atoms with Crippen molar-refractivity contribution in [2.24, 2.45) is 5.41 Å². The van der Waals surface area contributed by atoms with Crippen LogP contribution in [0.25, 0.3) is 0 Å². The Morgan fingerprint density at radius 1 is 1.30 bits per heavy atom. The molecular formula is C17H26N2O. The maximum absolute atomic E-state index is 6.09. The maximum atomic E-state index is 6.09.